The van der Waals surface area contributed by atoms with Gasteiger partial charge in [0.25, 0.3) is 5.91 Å². The van der Waals surface area contributed by atoms with E-state index in [1.807, 2.05) is 43.3 Å². The third-order valence-electron chi connectivity index (χ3n) is 2.77. The second kappa shape index (κ2) is 6.93. The van der Waals surface area contributed by atoms with Gasteiger partial charge in [-0.25, -0.2) is 0 Å². The molecule has 0 spiro atoms. The predicted molar refractivity (Wildman–Crippen MR) is 87.0 cm³/mol. The lowest BCUT2D eigenvalue weighted by Crippen LogP contribution is -2.12. The number of anilines is 2. The van der Waals surface area contributed by atoms with Gasteiger partial charge in [-0.3, -0.25) is 4.79 Å². The van der Waals surface area contributed by atoms with Crippen LogP contribution in [-0.2, 0) is 0 Å². The summed E-state index contributed by atoms with van der Waals surface area (Å²) in [7, 11) is 3.90. The Hall–Kier alpha value is -2.29. The number of hydrogen-bond acceptors (Lipinski definition) is 4. The third kappa shape index (κ3) is 4.09. The Bertz CT molecular complexity index is 696. The number of benzene rings is 1. The van der Waals surface area contributed by atoms with Gasteiger partial charge in [-0.15, -0.1) is 11.3 Å². The summed E-state index contributed by atoms with van der Waals surface area (Å²) in [6.45, 7) is -0.184. The van der Waals surface area contributed by atoms with E-state index in [1.54, 1.807) is 11.4 Å². The van der Waals surface area contributed by atoms with Crippen molar-refractivity contribution in [2.75, 3.05) is 30.9 Å². The molecule has 0 saturated heterocycles. The van der Waals surface area contributed by atoms with Crippen LogP contribution in [0.5, 0.6) is 0 Å². The highest BCUT2D eigenvalue weighted by Crippen LogP contribution is 2.19. The molecule has 0 bridgehead atoms. The zero-order chi connectivity index (χ0) is 15.2. The molecule has 2 aromatic rings. The van der Waals surface area contributed by atoms with Crippen molar-refractivity contribution >= 4 is 28.6 Å². The third-order valence-corrected chi connectivity index (χ3v) is 3.62. The molecule has 0 atom stereocenters. The molecule has 0 aliphatic rings. The van der Waals surface area contributed by atoms with Crippen LogP contribution in [0.25, 0.3) is 0 Å². The van der Waals surface area contributed by atoms with Crippen LogP contribution in [-0.4, -0.2) is 31.7 Å². The van der Waals surface area contributed by atoms with Crippen molar-refractivity contribution in [3.05, 3.63) is 46.2 Å². The Morgan fingerprint density at radius 3 is 2.90 bits per heavy atom. The van der Waals surface area contributed by atoms with Gasteiger partial charge in [-0.2, -0.15) is 0 Å². The fraction of sp³-hybridized carbons (Fsp3) is 0.188. The number of thiophene rings is 1. The van der Waals surface area contributed by atoms with Gasteiger partial charge in [0.15, 0.2) is 0 Å². The summed E-state index contributed by atoms with van der Waals surface area (Å²) in [6.07, 6.45) is 0. The van der Waals surface area contributed by atoms with E-state index in [-0.39, 0.29) is 12.5 Å². The highest BCUT2D eigenvalue weighted by molar-refractivity contribution is 7.10. The molecule has 0 saturated carbocycles. The molecule has 2 rings (SSSR count). The molecule has 1 aromatic carbocycles. The molecule has 1 aromatic heterocycles. The van der Waals surface area contributed by atoms with Gasteiger partial charge in [-0.05, 0) is 24.3 Å². The van der Waals surface area contributed by atoms with Crippen LogP contribution in [0.1, 0.15) is 15.2 Å². The number of aliphatic hydroxyl groups excluding tert-OH is 1. The number of amides is 1. The molecule has 21 heavy (non-hydrogen) atoms. The van der Waals surface area contributed by atoms with Crippen LogP contribution in [0.15, 0.2) is 35.7 Å². The van der Waals surface area contributed by atoms with Gasteiger partial charge in [0.2, 0.25) is 0 Å². The molecule has 0 aliphatic carbocycles. The number of aliphatic hydroxyl groups is 1. The Labute approximate surface area is 128 Å². The predicted octanol–water partition coefficient (Wildman–Crippen LogP) is 2.41. The summed E-state index contributed by atoms with van der Waals surface area (Å²) >= 11 is 1.38. The number of nitrogens with one attached hydrogen (secondary N) is 1. The van der Waals surface area contributed by atoms with E-state index in [2.05, 4.69) is 17.2 Å². The first-order valence-corrected chi connectivity index (χ1v) is 7.25. The Morgan fingerprint density at radius 1 is 1.38 bits per heavy atom. The Balaban J connectivity index is 2.11. The van der Waals surface area contributed by atoms with E-state index in [9.17, 15) is 4.79 Å². The van der Waals surface area contributed by atoms with Gasteiger partial charge >= 0.3 is 0 Å². The van der Waals surface area contributed by atoms with Gasteiger partial charge in [0.05, 0.1) is 10.4 Å². The van der Waals surface area contributed by atoms with Crippen LogP contribution >= 0.6 is 11.3 Å². The van der Waals surface area contributed by atoms with E-state index < -0.39 is 0 Å². The number of carbonyl (C=O) groups is 1. The van der Waals surface area contributed by atoms with Crippen molar-refractivity contribution in [1.82, 2.24) is 0 Å². The minimum atomic E-state index is -0.184. The molecule has 0 unspecified atom stereocenters. The molecule has 5 heteroatoms. The largest absolute Gasteiger partial charge is 0.384 e. The zero-order valence-corrected chi connectivity index (χ0v) is 12.7. The van der Waals surface area contributed by atoms with Gasteiger partial charge < -0.3 is 15.3 Å². The minimum absolute atomic E-state index is 0.167. The summed E-state index contributed by atoms with van der Waals surface area (Å²) in [5.41, 5.74) is 2.34. The van der Waals surface area contributed by atoms with Crippen LogP contribution in [0.2, 0.25) is 0 Å². The monoisotopic (exact) mass is 300 g/mol. The standard InChI is InChI=1S/C16H16N2O2S/c1-18(2)14-6-3-5-13(10-14)17-16(20)12-9-15(21-11-12)7-4-8-19/h3,5-6,9-11,19H,8H2,1-2H3,(H,17,20). The summed E-state index contributed by atoms with van der Waals surface area (Å²) in [4.78, 5) is 14.9. The maximum absolute atomic E-state index is 12.2. The maximum Gasteiger partial charge on any atom is 0.256 e. The fourth-order valence-corrected chi connectivity index (χ4v) is 2.47. The summed E-state index contributed by atoms with van der Waals surface area (Å²) in [5.74, 6) is 5.19. The highest BCUT2D eigenvalue weighted by Gasteiger charge is 2.09. The number of nitrogens with zero attached hydrogens (tertiary/aromatic N) is 1. The number of carbonyl (C=O) groups excluding carboxylic acids is 1. The SMILES string of the molecule is CN(C)c1cccc(NC(=O)c2csc(C#CCO)c2)c1. The molecule has 0 aliphatic heterocycles. The van der Waals surface area contributed by atoms with Crippen molar-refractivity contribution in [3.8, 4) is 11.8 Å². The quantitative estimate of drug-likeness (QED) is 0.856. The summed E-state index contributed by atoms with van der Waals surface area (Å²) < 4.78 is 0. The normalized spacial score (nSPS) is 9.67. The summed E-state index contributed by atoms with van der Waals surface area (Å²) in [5, 5.41) is 13.3. The van der Waals surface area contributed by atoms with Crippen LogP contribution in [0, 0.1) is 11.8 Å². The molecule has 4 nitrogen and oxygen atoms in total. The molecule has 0 radical (unpaired) electrons. The van der Waals surface area contributed by atoms with Crippen molar-refractivity contribution in [2.45, 2.75) is 0 Å². The van der Waals surface area contributed by atoms with Crippen LogP contribution < -0.4 is 10.2 Å². The van der Waals surface area contributed by atoms with E-state index in [4.69, 9.17) is 5.11 Å². The molecular weight excluding hydrogens is 284 g/mol. The lowest BCUT2D eigenvalue weighted by atomic mass is 10.2. The van der Waals surface area contributed by atoms with Gasteiger partial charge in [-0.1, -0.05) is 17.9 Å². The van der Waals surface area contributed by atoms with E-state index in [0.29, 0.717) is 5.56 Å². The second-order valence-corrected chi connectivity index (χ2v) is 5.47. The topological polar surface area (TPSA) is 52.6 Å². The molecule has 1 heterocycles. The van der Waals surface area contributed by atoms with Gasteiger partial charge in [0, 0.05) is 30.9 Å². The van der Waals surface area contributed by atoms with E-state index in [0.717, 1.165) is 16.3 Å². The smallest absolute Gasteiger partial charge is 0.256 e. The molecular formula is C16H16N2O2S. The van der Waals surface area contributed by atoms with Crippen molar-refractivity contribution < 1.29 is 9.90 Å². The van der Waals surface area contributed by atoms with Crippen LogP contribution in [0.4, 0.5) is 11.4 Å². The van der Waals surface area contributed by atoms with Crippen molar-refractivity contribution in [1.29, 1.82) is 0 Å². The molecule has 108 valence electrons. The molecule has 2 N–H and O–H groups in total. The highest BCUT2D eigenvalue weighted by atomic mass is 32.1. The first-order valence-electron chi connectivity index (χ1n) is 6.37. The summed E-state index contributed by atoms with van der Waals surface area (Å²) in [6, 6.07) is 9.36. The maximum atomic E-state index is 12.2. The molecule has 0 fully saturated rings. The Kier molecular flexibility index (Phi) is 4.99. The second-order valence-electron chi connectivity index (χ2n) is 4.56. The first-order chi connectivity index (χ1) is 10.1. The average molecular weight is 300 g/mol. The van der Waals surface area contributed by atoms with E-state index >= 15 is 0 Å². The van der Waals surface area contributed by atoms with Crippen molar-refractivity contribution in [2.24, 2.45) is 0 Å². The fourth-order valence-electron chi connectivity index (χ4n) is 1.71. The average Bonchev–Trinajstić information content (AvgIpc) is 2.94. The lowest BCUT2D eigenvalue weighted by molar-refractivity contribution is 0.102. The number of hydrogen-bond donors (Lipinski definition) is 2. The van der Waals surface area contributed by atoms with Gasteiger partial charge in [0.1, 0.15) is 6.61 Å². The molecule has 1 amide bonds. The lowest BCUT2D eigenvalue weighted by Gasteiger charge is -2.13. The Morgan fingerprint density at radius 2 is 2.19 bits per heavy atom. The zero-order valence-electron chi connectivity index (χ0n) is 11.9. The van der Waals surface area contributed by atoms with Crippen LogP contribution in [0.3, 0.4) is 0 Å². The first kappa shape index (κ1) is 15.1. The minimum Gasteiger partial charge on any atom is -0.384 e. The van der Waals surface area contributed by atoms with Crippen molar-refractivity contribution in [3.63, 3.8) is 0 Å². The van der Waals surface area contributed by atoms with E-state index in [1.165, 1.54) is 11.3 Å². The number of rotatable bonds is 3.